The van der Waals surface area contributed by atoms with Gasteiger partial charge >= 0.3 is 0 Å². The fourth-order valence-electron chi connectivity index (χ4n) is 3.03. The Morgan fingerprint density at radius 3 is 2.52 bits per heavy atom. The first-order chi connectivity index (χ1) is 11.0. The van der Waals surface area contributed by atoms with Gasteiger partial charge in [-0.1, -0.05) is 30.3 Å². The van der Waals surface area contributed by atoms with Crippen LogP contribution in [0.1, 0.15) is 37.1 Å². The monoisotopic (exact) mass is 312 g/mol. The van der Waals surface area contributed by atoms with Gasteiger partial charge in [0.05, 0.1) is 12.2 Å². The average Bonchev–Trinajstić information content (AvgIpc) is 2.88. The van der Waals surface area contributed by atoms with Crippen LogP contribution in [-0.4, -0.2) is 39.7 Å². The van der Waals surface area contributed by atoms with Crippen molar-refractivity contribution in [1.29, 1.82) is 0 Å². The lowest BCUT2D eigenvalue weighted by Gasteiger charge is -2.43. The second-order valence-corrected chi connectivity index (χ2v) is 6.58. The van der Waals surface area contributed by atoms with Gasteiger partial charge in [0, 0.05) is 25.3 Å². The summed E-state index contributed by atoms with van der Waals surface area (Å²) in [5, 5.41) is 7.43. The van der Waals surface area contributed by atoms with Gasteiger partial charge in [-0.3, -0.25) is 14.4 Å². The van der Waals surface area contributed by atoms with Crippen LogP contribution < -0.4 is 5.32 Å². The second-order valence-electron chi connectivity index (χ2n) is 6.58. The number of aryl methyl sites for hydroxylation is 1. The summed E-state index contributed by atoms with van der Waals surface area (Å²) in [5.41, 5.74) is 2.21. The van der Waals surface area contributed by atoms with Crippen LogP contribution >= 0.6 is 0 Å². The number of nitrogens with one attached hydrogen (secondary N) is 1. The van der Waals surface area contributed by atoms with E-state index < -0.39 is 0 Å². The van der Waals surface area contributed by atoms with Crippen molar-refractivity contribution in [3.05, 3.63) is 53.9 Å². The van der Waals surface area contributed by atoms with Crippen LogP contribution in [-0.2, 0) is 4.79 Å². The van der Waals surface area contributed by atoms with E-state index in [1.54, 1.807) is 0 Å². The van der Waals surface area contributed by atoms with E-state index in [2.05, 4.69) is 21.5 Å². The van der Waals surface area contributed by atoms with Crippen molar-refractivity contribution >= 4 is 5.91 Å². The van der Waals surface area contributed by atoms with Crippen LogP contribution in [0.3, 0.4) is 0 Å². The van der Waals surface area contributed by atoms with Crippen molar-refractivity contribution in [3.63, 3.8) is 0 Å². The summed E-state index contributed by atoms with van der Waals surface area (Å²) in [6, 6.07) is 10.3. The summed E-state index contributed by atoms with van der Waals surface area (Å²) in [4.78, 5) is 14.9. The Bertz CT molecular complexity index is 659. The Morgan fingerprint density at radius 2 is 1.96 bits per heavy atom. The number of amides is 1. The lowest BCUT2D eigenvalue weighted by atomic mass is 9.98. The predicted octanol–water partition coefficient (Wildman–Crippen LogP) is 2.31. The van der Waals surface area contributed by atoms with Crippen LogP contribution in [0.25, 0.3) is 0 Å². The van der Waals surface area contributed by atoms with Gasteiger partial charge in [0.2, 0.25) is 5.91 Å². The van der Waals surface area contributed by atoms with Crippen LogP contribution in [0.2, 0.25) is 0 Å². The molecule has 1 aliphatic heterocycles. The zero-order chi connectivity index (χ0) is 16.4. The lowest BCUT2D eigenvalue weighted by Crippen LogP contribution is -2.53. The van der Waals surface area contributed by atoms with Crippen molar-refractivity contribution < 1.29 is 4.79 Å². The molecule has 5 nitrogen and oxygen atoms in total. The molecule has 2 aromatic rings. The Balaban J connectivity index is 1.74. The molecule has 1 unspecified atom stereocenters. The summed E-state index contributed by atoms with van der Waals surface area (Å²) in [7, 11) is 0. The van der Waals surface area contributed by atoms with Crippen LogP contribution in [0, 0.1) is 6.92 Å². The second kappa shape index (κ2) is 6.54. The number of carbonyl (C=O) groups is 1. The Labute approximate surface area is 137 Å². The summed E-state index contributed by atoms with van der Waals surface area (Å²) in [6.07, 6.45) is 3.94. The zero-order valence-corrected chi connectivity index (χ0v) is 13.9. The fraction of sp³-hybridized carbons (Fsp3) is 0.444. The van der Waals surface area contributed by atoms with Gasteiger partial charge in [0.1, 0.15) is 6.04 Å². The zero-order valence-electron chi connectivity index (χ0n) is 13.9. The average molecular weight is 312 g/mol. The lowest BCUT2D eigenvalue weighted by molar-refractivity contribution is -0.130. The molecule has 3 rings (SSSR count). The van der Waals surface area contributed by atoms with Gasteiger partial charge in [-0.2, -0.15) is 5.10 Å². The van der Waals surface area contributed by atoms with E-state index in [9.17, 15) is 4.79 Å². The Hall–Kier alpha value is -2.14. The molecular weight excluding hydrogens is 288 g/mol. The van der Waals surface area contributed by atoms with Crippen LogP contribution in [0.5, 0.6) is 0 Å². The van der Waals surface area contributed by atoms with Crippen LogP contribution in [0.4, 0.5) is 0 Å². The first kappa shape index (κ1) is 15.7. The molecule has 2 heterocycles. The molecule has 0 spiro atoms. The van der Waals surface area contributed by atoms with E-state index in [-0.39, 0.29) is 18.0 Å². The minimum atomic E-state index is -0.230. The maximum absolute atomic E-state index is 12.7. The number of rotatable bonds is 5. The van der Waals surface area contributed by atoms with Crippen molar-refractivity contribution in [2.75, 3.05) is 13.1 Å². The topological polar surface area (TPSA) is 50.2 Å². The first-order valence-corrected chi connectivity index (χ1v) is 8.14. The highest BCUT2D eigenvalue weighted by atomic mass is 16.2. The highest BCUT2D eigenvalue weighted by Crippen LogP contribution is 2.31. The smallest absolute Gasteiger partial charge is 0.242 e. The molecule has 1 amide bonds. The minimum absolute atomic E-state index is 0.0706. The van der Waals surface area contributed by atoms with Gasteiger partial charge in [0.25, 0.3) is 0 Å². The number of carbonyl (C=O) groups excluding carboxylic acids is 1. The number of aromatic nitrogens is 2. The van der Waals surface area contributed by atoms with Crippen molar-refractivity contribution in [3.8, 4) is 0 Å². The highest BCUT2D eigenvalue weighted by molar-refractivity contribution is 5.83. The number of nitrogens with zero attached hydrogens (tertiary/aromatic N) is 3. The summed E-state index contributed by atoms with van der Waals surface area (Å²) < 4.78 is 2.01. The molecule has 1 saturated heterocycles. The Kier molecular flexibility index (Phi) is 4.48. The summed E-state index contributed by atoms with van der Waals surface area (Å²) >= 11 is 0. The molecule has 1 aliphatic rings. The van der Waals surface area contributed by atoms with E-state index in [0.29, 0.717) is 6.04 Å². The summed E-state index contributed by atoms with van der Waals surface area (Å²) in [5.74, 6) is 0.0706. The molecule has 1 aromatic heterocycles. The van der Waals surface area contributed by atoms with Crippen LogP contribution in [0.15, 0.2) is 42.7 Å². The molecule has 0 radical (unpaired) electrons. The minimum Gasteiger partial charge on any atom is -0.352 e. The fourth-order valence-corrected chi connectivity index (χ4v) is 3.03. The molecule has 5 heteroatoms. The number of likely N-dealkylation sites (tertiary alicyclic amines) is 1. The van der Waals surface area contributed by atoms with Gasteiger partial charge < -0.3 is 5.32 Å². The van der Waals surface area contributed by atoms with Gasteiger partial charge in [0.15, 0.2) is 0 Å². The normalized spacial score (nSPS) is 17.0. The molecule has 0 saturated carbocycles. The van der Waals surface area contributed by atoms with Crippen molar-refractivity contribution in [2.45, 2.75) is 38.9 Å². The highest BCUT2D eigenvalue weighted by Gasteiger charge is 2.38. The molecule has 1 aromatic carbocycles. The van der Waals surface area contributed by atoms with E-state index in [0.717, 1.165) is 18.7 Å². The Morgan fingerprint density at radius 1 is 1.26 bits per heavy atom. The van der Waals surface area contributed by atoms with Gasteiger partial charge in [-0.05, 0) is 31.9 Å². The number of hydrogen-bond donors (Lipinski definition) is 1. The SMILES string of the molecule is Cc1cnn(C2CN(C(C(=O)NC(C)C)c3ccccc3)C2)c1. The molecular formula is C18H24N4O. The standard InChI is InChI=1S/C18H24N4O/c1-13(2)20-18(23)17(15-7-5-4-6-8-15)21-11-16(12-21)22-10-14(3)9-19-22/h4-10,13,16-17H,11-12H2,1-3H3,(H,20,23). The third-order valence-electron chi connectivity index (χ3n) is 4.15. The first-order valence-electron chi connectivity index (χ1n) is 8.14. The molecule has 0 bridgehead atoms. The molecule has 23 heavy (non-hydrogen) atoms. The third kappa shape index (κ3) is 3.45. The quantitative estimate of drug-likeness (QED) is 0.922. The van der Waals surface area contributed by atoms with E-state index in [1.807, 2.05) is 62.0 Å². The number of benzene rings is 1. The molecule has 1 atom stereocenters. The molecule has 1 fully saturated rings. The number of hydrogen-bond acceptors (Lipinski definition) is 3. The van der Waals surface area contributed by atoms with E-state index in [1.165, 1.54) is 5.56 Å². The van der Waals surface area contributed by atoms with Gasteiger partial charge in [-0.25, -0.2) is 0 Å². The predicted molar refractivity (Wildman–Crippen MR) is 90.0 cm³/mol. The van der Waals surface area contributed by atoms with E-state index >= 15 is 0 Å². The third-order valence-corrected chi connectivity index (χ3v) is 4.15. The van der Waals surface area contributed by atoms with Crippen molar-refractivity contribution in [1.82, 2.24) is 20.0 Å². The molecule has 0 aliphatic carbocycles. The largest absolute Gasteiger partial charge is 0.352 e. The van der Waals surface area contributed by atoms with Crippen molar-refractivity contribution in [2.24, 2.45) is 0 Å². The summed E-state index contributed by atoms with van der Waals surface area (Å²) in [6.45, 7) is 7.71. The maximum atomic E-state index is 12.7. The van der Waals surface area contributed by atoms with Gasteiger partial charge in [-0.15, -0.1) is 0 Å². The molecule has 122 valence electrons. The molecule has 1 N–H and O–H groups in total. The van der Waals surface area contributed by atoms with E-state index in [4.69, 9.17) is 0 Å². The maximum Gasteiger partial charge on any atom is 0.242 e.